The second kappa shape index (κ2) is 7.38. The molecule has 1 fully saturated rings. The highest BCUT2D eigenvalue weighted by Gasteiger charge is 2.21. The van der Waals surface area contributed by atoms with Gasteiger partial charge < -0.3 is 10.6 Å². The van der Waals surface area contributed by atoms with E-state index < -0.39 is 0 Å². The van der Waals surface area contributed by atoms with Gasteiger partial charge in [0, 0.05) is 12.5 Å². The molecule has 1 heterocycles. The lowest BCUT2D eigenvalue weighted by molar-refractivity contribution is -0.122. The van der Waals surface area contributed by atoms with Crippen LogP contribution in [0.15, 0.2) is 54.6 Å². The monoisotopic (exact) mass is 312 g/mol. The quantitative estimate of drug-likeness (QED) is 0.890. The van der Waals surface area contributed by atoms with Gasteiger partial charge in [-0.25, -0.2) is 4.39 Å². The molecule has 1 aliphatic heterocycles. The van der Waals surface area contributed by atoms with Gasteiger partial charge in [-0.3, -0.25) is 4.79 Å². The Kier molecular flexibility index (Phi) is 5.03. The zero-order chi connectivity index (χ0) is 16.1. The minimum Gasteiger partial charge on any atom is -0.345 e. The van der Waals surface area contributed by atoms with Crippen LogP contribution in [0.25, 0.3) is 0 Å². The summed E-state index contributed by atoms with van der Waals surface area (Å²) < 4.78 is 13.6. The minimum atomic E-state index is -0.333. The number of benzene rings is 2. The van der Waals surface area contributed by atoms with Gasteiger partial charge in [-0.05, 0) is 42.6 Å². The lowest BCUT2D eigenvalue weighted by Crippen LogP contribution is -2.34. The third kappa shape index (κ3) is 4.17. The number of hydrogen-bond acceptors (Lipinski definition) is 2. The molecular formula is C19H21FN2O. The third-order valence-electron chi connectivity index (χ3n) is 4.21. The van der Waals surface area contributed by atoms with Gasteiger partial charge >= 0.3 is 0 Å². The Balaban J connectivity index is 1.79. The zero-order valence-electron chi connectivity index (χ0n) is 13.0. The van der Waals surface area contributed by atoms with Crippen molar-refractivity contribution in [2.45, 2.75) is 31.3 Å². The van der Waals surface area contributed by atoms with Crippen molar-refractivity contribution in [2.75, 3.05) is 6.54 Å². The Morgan fingerprint density at radius 3 is 2.65 bits per heavy atom. The maximum atomic E-state index is 13.6. The molecule has 23 heavy (non-hydrogen) atoms. The predicted octanol–water partition coefficient (Wildman–Crippen LogP) is 3.17. The fourth-order valence-corrected chi connectivity index (χ4v) is 3.07. The topological polar surface area (TPSA) is 41.1 Å². The van der Waals surface area contributed by atoms with E-state index in [0.717, 1.165) is 30.5 Å². The number of carbonyl (C=O) groups excluding carboxylic acids is 1. The van der Waals surface area contributed by atoms with E-state index in [-0.39, 0.29) is 23.8 Å². The molecule has 2 unspecified atom stereocenters. The molecule has 0 aromatic heterocycles. The second-order valence-corrected chi connectivity index (χ2v) is 5.96. The van der Waals surface area contributed by atoms with Crippen LogP contribution in [0.3, 0.4) is 0 Å². The first kappa shape index (κ1) is 15.7. The molecule has 3 rings (SSSR count). The normalized spacial score (nSPS) is 18.6. The predicted molar refractivity (Wildman–Crippen MR) is 88.5 cm³/mol. The molecule has 1 saturated heterocycles. The summed E-state index contributed by atoms with van der Waals surface area (Å²) in [5.41, 5.74) is 1.70. The molecule has 0 spiro atoms. The number of carbonyl (C=O) groups is 1. The van der Waals surface area contributed by atoms with Gasteiger partial charge in [0.1, 0.15) is 5.82 Å². The van der Waals surface area contributed by atoms with Crippen LogP contribution >= 0.6 is 0 Å². The number of amides is 1. The second-order valence-electron chi connectivity index (χ2n) is 5.96. The summed E-state index contributed by atoms with van der Waals surface area (Å²) in [6.45, 7) is 0.976. The molecule has 0 bridgehead atoms. The van der Waals surface area contributed by atoms with Crippen molar-refractivity contribution in [2.24, 2.45) is 0 Å². The molecular weight excluding hydrogens is 291 g/mol. The van der Waals surface area contributed by atoms with Crippen molar-refractivity contribution in [3.05, 3.63) is 71.5 Å². The van der Waals surface area contributed by atoms with Crippen molar-refractivity contribution >= 4 is 5.91 Å². The van der Waals surface area contributed by atoms with Crippen molar-refractivity contribution in [1.82, 2.24) is 10.6 Å². The summed E-state index contributed by atoms with van der Waals surface area (Å²) in [7, 11) is 0. The van der Waals surface area contributed by atoms with Gasteiger partial charge in [-0.1, -0.05) is 42.5 Å². The fourth-order valence-electron chi connectivity index (χ4n) is 3.07. The van der Waals surface area contributed by atoms with Crippen LogP contribution in [0.2, 0.25) is 0 Å². The molecule has 0 aliphatic carbocycles. The first-order valence-electron chi connectivity index (χ1n) is 8.05. The average molecular weight is 312 g/mol. The van der Waals surface area contributed by atoms with Crippen molar-refractivity contribution in [3.63, 3.8) is 0 Å². The minimum absolute atomic E-state index is 0.0116. The van der Waals surface area contributed by atoms with Crippen LogP contribution in [0.4, 0.5) is 4.39 Å². The molecule has 3 nitrogen and oxygen atoms in total. The molecule has 2 N–H and O–H groups in total. The molecule has 1 aliphatic rings. The van der Waals surface area contributed by atoms with Crippen molar-refractivity contribution in [3.8, 4) is 0 Å². The molecule has 4 heteroatoms. The Labute approximate surface area is 135 Å². The van der Waals surface area contributed by atoms with Crippen LogP contribution in [0.1, 0.15) is 36.4 Å². The summed E-state index contributed by atoms with van der Waals surface area (Å²) in [6.07, 6.45) is 2.60. The number of hydrogen-bond donors (Lipinski definition) is 2. The Bertz CT molecular complexity index is 653. The lowest BCUT2D eigenvalue weighted by atomic mass is 9.98. The maximum absolute atomic E-state index is 13.6. The fraction of sp³-hybridized carbons (Fsp3) is 0.316. The molecule has 1 amide bonds. The molecule has 0 saturated carbocycles. The molecule has 0 radical (unpaired) electrons. The first-order valence-corrected chi connectivity index (χ1v) is 8.05. The van der Waals surface area contributed by atoms with Gasteiger partial charge in [-0.15, -0.1) is 0 Å². The van der Waals surface area contributed by atoms with Crippen molar-refractivity contribution in [1.29, 1.82) is 0 Å². The van der Waals surface area contributed by atoms with E-state index in [9.17, 15) is 9.18 Å². The standard InChI is InChI=1S/C19H21FN2O/c20-16-9-4-8-15(12-16)19(14-6-2-1-3-7-14)22-18(23)13-17-10-5-11-21-17/h1-4,6-9,12,17,19,21H,5,10-11,13H2,(H,22,23). The average Bonchev–Trinajstić information content (AvgIpc) is 3.06. The van der Waals surface area contributed by atoms with E-state index in [1.54, 1.807) is 6.07 Å². The van der Waals surface area contributed by atoms with E-state index in [4.69, 9.17) is 0 Å². The number of nitrogens with one attached hydrogen (secondary N) is 2. The molecule has 2 aromatic rings. The van der Waals surface area contributed by atoms with E-state index in [0.29, 0.717) is 6.42 Å². The van der Waals surface area contributed by atoms with E-state index in [1.165, 1.54) is 12.1 Å². The van der Waals surface area contributed by atoms with Crippen LogP contribution < -0.4 is 10.6 Å². The first-order chi connectivity index (χ1) is 11.2. The van der Waals surface area contributed by atoms with Gasteiger partial charge in [0.05, 0.1) is 6.04 Å². The lowest BCUT2D eigenvalue weighted by Gasteiger charge is -2.21. The zero-order valence-corrected chi connectivity index (χ0v) is 13.0. The van der Waals surface area contributed by atoms with Gasteiger partial charge in [0.25, 0.3) is 0 Å². The highest BCUT2D eigenvalue weighted by molar-refractivity contribution is 5.77. The van der Waals surface area contributed by atoms with E-state index in [2.05, 4.69) is 10.6 Å². The highest BCUT2D eigenvalue weighted by Crippen LogP contribution is 2.23. The largest absolute Gasteiger partial charge is 0.345 e. The summed E-state index contributed by atoms with van der Waals surface area (Å²) in [5.74, 6) is -0.308. The van der Waals surface area contributed by atoms with Crippen LogP contribution in [-0.2, 0) is 4.79 Å². The highest BCUT2D eigenvalue weighted by atomic mass is 19.1. The Morgan fingerprint density at radius 2 is 1.96 bits per heavy atom. The van der Waals surface area contributed by atoms with E-state index >= 15 is 0 Å². The van der Waals surface area contributed by atoms with Gasteiger partial charge in [-0.2, -0.15) is 0 Å². The third-order valence-corrected chi connectivity index (χ3v) is 4.21. The number of rotatable bonds is 5. The van der Waals surface area contributed by atoms with Gasteiger partial charge in [0.2, 0.25) is 5.91 Å². The maximum Gasteiger partial charge on any atom is 0.222 e. The van der Waals surface area contributed by atoms with Crippen molar-refractivity contribution < 1.29 is 9.18 Å². The molecule has 2 aromatic carbocycles. The van der Waals surface area contributed by atoms with E-state index in [1.807, 2.05) is 36.4 Å². The summed E-state index contributed by atoms with van der Waals surface area (Å²) >= 11 is 0. The van der Waals surface area contributed by atoms with Gasteiger partial charge in [0.15, 0.2) is 0 Å². The molecule has 2 atom stereocenters. The van der Waals surface area contributed by atoms with Crippen LogP contribution in [0.5, 0.6) is 0 Å². The Morgan fingerprint density at radius 1 is 1.17 bits per heavy atom. The molecule has 120 valence electrons. The number of halogens is 1. The van der Waals surface area contributed by atoms with Crippen LogP contribution in [0, 0.1) is 5.82 Å². The Hall–Kier alpha value is -2.20. The summed E-state index contributed by atoms with van der Waals surface area (Å²) in [5, 5.41) is 6.39. The summed E-state index contributed by atoms with van der Waals surface area (Å²) in [4.78, 5) is 12.4. The smallest absolute Gasteiger partial charge is 0.222 e. The summed E-state index contributed by atoms with van der Waals surface area (Å²) in [6, 6.07) is 16.0. The SMILES string of the molecule is O=C(CC1CCCN1)NC(c1ccccc1)c1cccc(F)c1. The van der Waals surface area contributed by atoms with Crippen LogP contribution in [-0.4, -0.2) is 18.5 Å².